The summed E-state index contributed by atoms with van der Waals surface area (Å²) < 4.78 is 6.26. The van der Waals surface area contributed by atoms with Crippen LogP contribution < -0.4 is 5.32 Å². The lowest BCUT2D eigenvalue weighted by atomic mass is 9.84. The zero-order valence-electron chi connectivity index (χ0n) is 14.2. The van der Waals surface area contributed by atoms with Crippen LogP contribution >= 0.6 is 11.6 Å². The van der Waals surface area contributed by atoms with Crippen molar-refractivity contribution in [3.05, 3.63) is 34.3 Å². The fraction of sp³-hybridized carbons (Fsp3) is 0.647. The number of nitrogens with one attached hydrogen (secondary N) is 1. The summed E-state index contributed by atoms with van der Waals surface area (Å²) in [6.07, 6.45) is 1.07. The number of halogens is 1. The molecule has 0 spiro atoms. The highest BCUT2D eigenvalue weighted by atomic mass is 35.5. The van der Waals surface area contributed by atoms with Crippen molar-refractivity contribution in [1.82, 2.24) is 5.32 Å². The third-order valence-electron chi connectivity index (χ3n) is 3.32. The molecule has 21 heavy (non-hydrogen) atoms. The first-order valence-corrected chi connectivity index (χ1v) is 10.5. The molecule has 119 valence electrons. The van der Waals surface area contributed by atoms with Gasteiger partial charge in [0.15, 0.2) is 0 Å². The Morgan fingerprint density at radius 1 is 1.29 bits per heavy atom. The fourth-order valence-electron chi connectivity index (χ4n) is 2.30. The van der Waals surface area contributed by atoms with Crippen molar-refractivity contribution in [2.24, 2.45) is 5.41 Å². The van der Waals surface area contributed by atoms with Gasteiger partial charge in [-0.1, -0.05) is 51.4 Å². The molecular weight excluding hydrogens is 298 g/mol. The molecule has 1 radical (unpaired) electrons. The van der Waals surface area contributed by atoms with E-state index in [2.05, 4.69) is 58.2 Å². The van der Waals surface area contributed by atoms with Gasteiger partial charge in [-0.25, -0.2) is 0 Å². The average Bonchev–Trinajstić information content (AvgIpc) is 2.37. The monoisotopic (exact) mass is 326 g/mol. The zero-order valence-corrected chi connectivity index (χ0v) is 16.0. The van der Waals surface area contributed by atoms with Crippen molar-refractivity contribution >= 4 is 20.6 Å². The molecule has 0 aliphatic carbocycles. The molecule has 0 saturated heterocycles. The van der Waals surface area contributed by atoms with E-state index >= 15 is 0 Å². The molecular formula is C17H29ClNOSi. The van der Waals surface area contributed by atoms with Crippen LogP contribution in [0.3, 0.4) is 0 Å². The molecule has 0 amide bonds. The molecule has 1 rings (SSSR count). The maximum absolute atomic E-state index is 6.46. The predicted molar refractivity (Wildman–Crippen MR) is 94.5 cm³/mol. The quantitative estimate of drug-likeness (QED) is 0.571. The van der Waals surface area contributed by atoms with E-state index in [1.165, 1.54) is 5.56 Å². The molecule has 1 aromatic rings. The van der Waals surface area contributed by atoms with Gasteiger partial charge in [-0.05, 0) is 55.2 Å². The second-order valence-corrected chi connectivity index (χ2v) is 9.19. The normalized spacial score (nSPS) is 13.7. The standard InChI is InChI=1S/C17H29ClNOSi/c1-7-19-11-10-13-8-9-15(18)14(12-13)16(17(2,3)4)20-21(5)6/h8-9,12,16,19H,7,10-11H2,1-6H3. The molecule has 1 unspecified atom stereocenters. The van der Waals surface area contributed by atoms with Crippen LogP contribution in [0.1, 0.15) is 44.9 Å². The van der Waals surface area contributed by atoms with Gasteiger partial charge < -0.3 is 9.74 Å². The number of rotatable bonds is 7. The molecule has 0 heterocycles. The Labute approximate surface area is 137 Å². The highest BCUT2D eigenvalue weighted by molar-refractivity contribution is 6.48. The third-order valence-corrected chi connectivity index (χ3v) is 4.37. The lowest BCUT2D eigenvalue weighted by molar-refractivity contribution is 0.0866. The highest BCUT2D eigenvalue weighted by Gasteiger charge is 2.29. The first kappa shape index (κ1) is 18.7. The minimum absolute atomic E-state index is 0.0336. The fourth-order valence-corrected chi connectivity index (χ4v) is 3.47. The van der Waals surface area contributed by atoms with Gasteiger partial charge in [0.2, 0.25) is 9.04 Å². The van der Waals surface area contributed by atoms with Gasteiger partial charge >= 0.3 is 0 Å². The maximum atomic E-state index is 6.46. The second kappa shape index (κ2) is 8.32. The Morgan fingerprint density at radius 2 is 1.95 bits per heavy atom. The van der Waals surface area contributed by atoms with E-state index in [9.17, 15) is 0 Å². The van der Waals surface area contributed by atoms with Crippen molar-refractivity contribution in [2.45, 2.75) is 53.3 Å². The Hall–Kier alpha value is -0.353. The minimum Gasteiger partial charge on any atom is -0.410 e. The van der Waals surface area contributed by atoms with E-state index < -0.39 is 9.04 Å². The van der Waals surface area contributed by atoms with Crippen LogP contribution in [0, 0.1) is 5.41 Å². The molecule has 1 atom stereocenters. The van der Waals surface area contributed by atoms with Crippen molar-refractivity contribution < 1.29 is 4.43 Å². The van der Waals surface area contributed by atoms with E-state index in [-0.39, 0.29) is 11.5 Å². The molecule has 2 nitrogen and oxygen atoms in total. The van der Waals surface area contributed by atoms with Crippen molar-refractivity contribution in [1.29, 1.82) is 0 Å². The molecule has 0 aliphatic rings. The van der Waals surface area contributed by atoms with E-state index in [4.69, 9.17) is 16.0 Å². The molecule has 0 aromatic heterocycles. The number of hydrogen-bond acceptors (Lipinski definition) is 2. The first-order chi connectivity index (χ1) is 9.75. The molecule has 0 saturated carbocycles. The molecule has 1 aromatic carbocycles. The summed E-state index contributed by atoms with van der Waals surface area (Å²) in [5.74, 6) is 0. The second-order valence-electron chi connectivity index (χ2n) is 6.73. The van der Waals surface area contributed by atoms with Crippen molar-refractivity contribution in [2.75, 3.05) is 13.1 Å². The van der Waals surface area contributed by atoms with E-state index in [0.29, 0.717) is 0 Å². The SMILES string of the molecule is CCNCCc1ccc(Cl)c(C(O[Si](C)C)C(C)(C)C)c1. The minimum atomic E-state index is -0.783. The van der Waals surface area contributed by atoms with E-state index in [1.807, 2.05) is 6.07 Å². The number of likely N-dealkylation sites (N-methyl/N-ethyl adjacent to an activating group) is 1. The van der Waals surface area contributed by atoms with Gasteiger partial charge in [-0.2, -0.15) is 0 Å². The van der Waals surface area contributed by atoms with Gasteiger partial charge in [0.1, 0.15) is 0 Å². The van der Waals surface area contributed by atoms with Crippen LogP contribution in [0.2, 0.25) is 18.1 Å². The lowest BCUT2D eigenvalue weighted by Crippen LogP contribution is -2.26. The van der Waals surface area contributed by atoms with Crippen LogP contribution in [0.4, 0.5) is 0 Å². The summed E-state index contributed by atoms with van der Waals surface area (Å²) in [6.45, 7) is 15.1. The van der Waals surface area contributed by atoms with Crippen LogP contribution in [0.15, 0.2) is 18.2 Å². The Kier molecular flexibility index (Phi) is 7.41. The van der Waals surface area contributed by atoms with E-state index in [1.54, 1.807) is 0 Å². The Bertz CT molecular complexity index is 443. The van der Waals surface area contributed by atoms with Gasteiger partial charge in [0.05, 0.1) is 6.10 Å². The highest BCUT2D eigenvalue weighted by Crippen LogP contribution is 2.40. The smallest absolute Gasteiger partial charge is 0.205 e. The van der Waals surface area contributed by atoms with Gasteiger partial charge in [0, 0.05) is 5.02 Å². The summed E-state index contributed by atoms with van der Waals surface area (Å²) in [7, 11) is -0.783. The Balaban J connectivity index is 3.03. The molecule has 4 heteroatoms. The van der Waals surface area contributed by atoms with Crippen molar-refractivity contribution in [3.8, 4) is 0 Å². The summed E-state index contributed by atoms with van der Waals surface area (Å²) in [5, 5.41) is 4.17. The topological polar surface area (TPSA) is 21.3 Å². The summed E-state index contributed by atoms with van der Waals surface area (Å²) in [5.41, 5.74) is 2.48. The largest absolute Gasteiger partial charge is 0.410 e. The molecule has 1 N–H and O–H groups in total. The van der Waals surface area contributed by atoms with Crippen LogP contribution in [-0.4, -0.2) is 22.1 Å². The number of hydrogen-bond donors (Lipinski definition) is 1. The van der Waals surface area contributed by atoms with Crippen LogP contribution in [0.5, 0.6) is 0 Å². The molecule has 0 bridgehead atoms. The zero-order chi connectivity index (χ0) is 16.0. The predicted octanol–water partition coefficient (Wildman–Crippen LogP) is 4.85. The van der Waals surface area contributed by atoms with Gasteiger partial charge in [0.25, 0.3) is 0 Å². The van der Waals surface area contributed by atoms with E-state index in [0.717, 1.165) is 30.1 Å². The van der Waals surface area contributed by atoms with Crippen LogP contribution in [0.25, 0.3) is 0 Å². The Morgan fingerprint density at radius 3 is 2.48 bits per heavy atom. The van der Waals surface area contributed by atoms with Crippen LogP contribution in [-0.2, 0) is 10.8 Å². The summed E-state index contributed by atoms with van der Waals surface area (Å²) in [6, 6.07) is 6.35. The van der Waals surface area contributed by atoms with Gasteiger partial charge in [-0.15, -0.1) is 0 Å². The summed E-state index contributed by atoms with van der Waals surface area (Å²) in [4.78, 5) is 0. The molecule has 0 aliphatic heterocycles. The van der Waals surface area contributed by atoms with Crippen molar-refractivity contribution in [3.63, 3.8) is 0 Å². The third kappa shape index (κ3) is 6.11. The first-order valence-electron chi connectivity index (χ1n) is 7.71. The maximum Gasteiger partial charge on any atom is 0.205 e. The number of benzene rings is 1. The van der Waals surface area contributed by atoms with Gasteiger partial charge in [-0.3, -0.25) is 0 Å². The lowest BCUT2D eigenvalue weighted by Gasteiger charge is -2.33. The molecule has 0 fully saturated rings. The summed E-state index contributed by atoms with van der Waals surface area (Å²) >= 11 is 6.46. The average molecular weight is 327 g/mol.